The van der Waals surface area contributed by atoms with Crippen molar-refractivity contribution in [1.82, 2.24) is 4.90 Å². The van der Waals surface area contributed by atoms with Crippen LogP contribution in [-0.4, -0.2) is 32.1 Å². The molecule has 1 rings (SSSR count). The fourth-order valence-corrected chi connectivity index (χ4v) is 1.38. The Morgan fingerprint density at radius 3 is 2.71 bits per heavy atom. The number of rotatable bonds is 4. The molecular weight excluding hydrogens is 247 g/mol. The molecule has 0 aliphatic carbocycles. The third-order valence-electron chi connectivity index (χ3n) is 1.81. The molecule has 0 heterocycles. The molecule has 0 aliphatic rings. The second-order valence-corrected chi connectivity index (χ2v) is 4.27. The molecule has 0 bridgehead atoms. The van der Waals surface area contributed by atoms with E-state index in [1.165, 1.54) is 6.07 Å². The summed E-state index contributed by atoms with van der Waals surface area (Å²) in [7, 11) is 3.97. The zero-order valence-corrected chi connectivity index (χ0v) is 9.94. The summed E-state index contributed by atoms with van der Waals surface area (Å²) in [6.45, 7) is 1.63. The van der Waals surface area contributed by atoms with E-state index in [9.17, 15) is 4.39 Å². The molecule has 0 unspecified atom stereocenters. The normalized spacial score (nSPS) is 10.6. The lowest BCUT2D eigenvalue weighted by atomic mass is 10.3. The Balaban J connectivity index is 2.51. The van der Waals surface area contributed by atoms with Crippen LogP contribution >= 0.6 is 15.9 Å². The highest BCUT2D eigenvalue weighted by molar-refractivity contribution is 9.10. The molecule has 2 nitrogen and oxygen atoms in total. The summed E-state index contributed by atoms with van der Waals surface area (Å²) in [6.07, 6.45) is 0. The average Bonchev–Trinajstić information content (AvgIpc) is 2.08. The zero-order valence-electron chi connectivity index (χ0n) is 8.35. The Hall–Kier alpha value is -0.610. The van der Waals surface area contributed by atoms with Crippen LogP contribution in [0, 0.1) is 5.82 Å². The Morgan fingerprint density at radius 1 is 1.43 bits per heavy atom. The van der Waals surface area contributed by atoms with Gasteiger partial charge in [-0.15, -0.1) is 0 Å². The first-order valence-electron chi connectivity index (χ1n) is 4.43. The first kappa shape index (κ1) is 11.5. The molecule has 0 spiro atoms. The van der Waals surface area contributed by atoms with Crippen LogP contribution in [0.1, 0.15) is 0 Å². The molecule has 0 aromatic heterocycles. The molecule has 0 saturated heterocycles. The van der Waals surface area contributed by atoms with Crippen LogP contribution in [0.2, 0.25) is 0 Å². The lowest BCUT2D eigenvalue weighted by molar-refractivity contribution is 0.425. The molecule has 1 N–H and O–H groups in total. The fraction of sp³-hybridized carbons (Fsp3) is 0.400. The molecule has 0 amide bonds. The number of hydrogen-bond acceptors (Lipinski definition) is 2. The van der Waals surface area contributed by atoms with Crippen molar-refractivity contribution in [2.45, 2.75) is 0 Å². The number of benzene rings is 1. The molecule has 0 radical (unpaired) electrons. The van der Waals surface area contributed by atoms with Crippen LogP contribution in [-0.2, 0) is 0 Å². The van der Waals surface area contributed by atoms with Gasteiger partial charge in [0.15, 0.2) is 0 Å². The molecule has 0 saturated carbocycles. The average molecular weight is 261 g/mol. The van der Waals surface area contributed by atoms with E-state index in [4.69, 9.17) is 0 Å². The Labute approximate surface area is 92.2 Å². The van der Waals surface area contributed by atoms with Gasteiger partial charge in [-0.25, -0.2) is 4.39 Å². The van der Waals surface area contributed by atoms with Gasteiger partial charge in [0, 0.05) is 17.6 Å². The van der Waals surface area contributed by atoms with E-state index in [0.717, 1.165) is 17.6 Å². The van der Waals surface area contributed by atoms with Crippen molar-refractivity contribution in [2.75, 3.05) is 32.5 Å². The summed E-state index contributed by atoms with van der Waals surface area (Å²) < 4.78 is 14.0. The van der Waals surface area contributed by atoms with Gasteiger partial charge in [0.1, 0.15) is 5.82 Å². The number of nitrogens with zero attached hydrogens (tertiary/aromatic N) is 1. The predicted molar refractivity (Wildman–Crippen MR) is 61.1 cm³/mol. The summed E-state index contributed by atoms with van der Waals surface area (Å²) >= 11 is 3.21. The Bertz CT molecular complexity index is 302. The van der Waals surface area contributed by atoms with Crippen molar-refractivity contribution in [3.8, 4) is 0 Å². The SMILES string of the molecule is CN(C)CCNc1ccc(Br)cc1F. The van der Waals surface area contributed by atoms with E-state index in [2.05, 4.69) is 21.2 Å². The molecule has 1 aromatic rings. The molecule has 1 aromatic carbocycles. The molecule has 0 atom stereocenters. The summed E-state index contributed by atoms with van der Waals surface area (Å²) in [6, 6.07) is 5.01. The van der Waals surface area contributed by atoms with E-state index < -0.39 is 0 Å². The first-order valence-corrected chi connectivity index (χ1v) is 5.22. The smallest absolute Gasteiger partial charge is 0.147 e. The number of likely N-dealkylation sites (N-methyl/N-ethyl adjacent to an activating group) is 1. The molecule has 0 fully saturated rings. The largest absolute Gasteiger partial charge is 0.381 e. The molecule has 0 aliphatic heterocycles. The van der Waals surface area contributed by atoms with Gasteiger partial charge in [-0.05, 0) is 32.3 Å². The standard InChI is InChI=1S/C10H14BrFN2/c1-14(2)6-5-13-10-4-3-8(11)7-9(10)12/h3-4,7,13H,5-6H2,1-2H3. The third-order valence-corrected chi connectivity index (χ3v) is 2.30. The highest BCUT2D eigenvalue weighted by Gasteiger charge is 2.01. The summed E-state index contributed by atoms with van der Waals surface area (Å²) in [5, 5.41) is 3.03. The van der Waals surface area contributed by atoms with Crippen LogP contribution < -0.4 is 5.32 Å². The maximum atomic E-state index is 13.3. The molecule has 78 valence electrons. The lowest BCUT2D eigenvalue weighted by Crippen LogP contribution is -2.21. The maximum Gasteiger partial charge on any atom is 0.147 e. The van der Waals surface area contributed by atoms with Gasteiger partial charge < -0.3 is 10.2 Å². The molecular formula is C10H14BrFN2. The van der Waals surface area contributed by atoms with Gasteiger partial charge in [0.25, 0.3) is 0 Å². The Kier molecular flexibility index (Phi) is 4.35. The van der Waals surface area contributed by atoms with Gasteiger partial charge in [-0.1, -0.05) is 15.9 Å². The predicted octanol–water partition coefficient (Wildman–Crippen LogP) is 2.56. The minimum Gasteiger partial charge on any atom is -0.381 e. The van der Waals surface area contributed by atoms with Gasteiger partial charge in [0.2, 0.25) is 0 Å². The summed E-state index contributed by atoms with van der Waals surface area (Å²) in [4.78, 5) is 2.05. The summed E-state index contributed by atoms with van der Waals surface area (Å²) in [5.74, 6) is -0.224. The molecule has 14 heavy (non-hydrogen) atoms. The number of anilines is 1. The van der Waals surface area contributed by atoms with Crippen molar-refractivity contribution >= 4 is 21.6 Å². The number of halogens is 2. The fourth-order valence-electron chi connectivity index (χ4n) is 1.05. The van der Waals surface area contributed by atoms with E-state index >= 15 is 0 Å². The van der Waals surface area contributed by atoms with Gasteiger partial charge in [0.05, 0.1) is 5.69 Å². The monoisotopic (exact) mass is 260 g/mol. The van der Waals surface area contributed by atoms with Gasteiger partial charge >= 0.3 is 0 Å². The maximum absolute atomic E-state index is 13.3. The second-order valence-electron chi connectivity index (χ2n) is 3.35. The van der Waals surface area contributed by atoms with E-state index in [-0.39, 0.29) is 5.82 Å². The van der Waals surface area contributed by atoms with Gasteiger partial charge in [-0.3, -0.25) is 0 Å². The van der Waals surface area contributed by atoms with Crippen molar-refractivity contribution in [2.24, 2.45) is 0 Å². The number of hydrogen-bond donors (Lipinski definition) is 1. The van der Waals surface area contributed by atoms with Crippen LogP contribution in [0.25, 0.3) is 0 Å². The van der Waals surface area contributed by atoms with Crippen LogP contribution in [0.3, 0.4) is 0 Å². The zero-order chi connectivity index (χ0) is 10.6. The van der Waals surface area contributed by atoms with Crippen molar-refractivity contribution in [3.63, 3.8) is 0 Å². The third kappa shape index (κ3) is 3.64. The van der Waals surface area contributed by atoms with E-state index in [1.807, 2.05) is 25.1 Å². The second kappa shape index (κ2) is 5.32. The lowest BCUT2D eigenvalue weighted by Gasteiger charge is -2.11. The van der Waals surface area contributed by atoms with Crippen molar-refractivity contribution in [3.05, 3.63) is 28.5 Å². The van der Waals surface area contributed by atoms with Crippen molar-refractivity contribution in [1.29, 1.82) is 0 Å². The minimum absolute atomic E-state index is 0.224. The van der Waals surface area contributed by atoms with E-state index in [0.29, 0.717) is 5.69 Å². The summed E-state index contributed by atoms with van der Waals surface area (Å²) in [5.41, 5.74) is 0.551. The van der Waals surface area contributed by atoms with Gasteiger partial charge in [-0.2, -0.15) is 0 Å². The van der Waals surface area contributed by atoms with Crippen LogP contribution in [0.4, 0.5) is 10.1 Å². The highest BCUT2D eigenvalue weighted by Crippen LogP contribution is 2.18. The van der Waals surface area contributed by atoms with Crippen LogP contribution in [0.5, 0.6) is 0 Å². The quantitative estimate of drug-likeness (QED) is 0.896. The van der Waals surface area contributed by atoms with Crippen LogP contribution in [0.15, 0.2) is 22.7 Å². The van der Waals surface area contributed by atoms with Crippen molar-refractivity contribution < 1.29 is 4.39 Å². The first-order chi connectivity index (χ1) is 6.59. The number of nitrogens with one attached hydrogen (secondary N) is 1. The topological polar surface area (TPSA) is 15.3 Å². The highest BCUT2D eigenvalue weighted by atomic mass is 79.9. The van der Waals surface area contributed by atoms with E-state index in [1.54, 1.807) is 6.07 Å². The Morgan fingerprint density at radius 2 is 2.14 bits per heavy atom. The minimum atomic E-state index is -0.224. The molecule has 4 heteroatoms.